The van der Waals surface area contributed by atoms with Crippen LogP contribution in [0.5, 0.6) is 11.5 Å². The van der Waals surface area contributed by atoms with E-state index in [1.165, 1.54) is 30.5 Å². The number of hydrogen-bond acceptors (Lipinski definition) is 3. The number of ether oxygens (including phenoxy) is 2. The Morgan fingerprint density at radius 3 is 2.95 bits per heavy atom. The number of rotatable bonds is 3. The van der Waals surface area contributed by atoms with Gasteiger partial charge in [-0.25, -0.2) is 4.79 Å². The number of carbonyl (C=O) groups excluding carboxylic acids is 1. The summed E-state index contributed by atoms with van der Waals surface area (Å²) in [7, 11) is 0. The lowest BCUT2D eigenvalue weighted by atomic mass is 9.81. The van der Waals surface area contributed by atoms with E-state index in [0.29, 0.717) is 18.6 Å². The first kappa shape index (κ1) is 13.8. The highest BCUT2D eigenvalue weighted by atomic mass is 16.7. The number of hydrogen-bond donors (Lipinski definition) is 0. The fourth-order valence-electron chi connectivity index (χ4n) is 3.93. The number of benzene rings is 1. The van der Waals surface area contributed by atoms with Crippen molar-refractivity contribution in [1.29, 1.82) is 0 Å². The van der Waals surface area contributed by atoms with E-state index in [1.807, 2.05) is 12.1 Å². The minimum absolute atomic E-state index is 0.309. The highest BCUT2D eigenvalue weighted by Crippen LogP contribution is 2.33. The van der Waals surface area contributed by atoms with Crippen LogP contribution in [0.15, 0.2) is 18.2 Å². The molecule has 1 saturated carbocycles. The Balaban J connectivity index is 1.52. The van der Waals surface area contributed by atoms with Crippen molar-refractivity contribution in [3.8, 4) is 11.5 Å². The molecule has 1 unspecified atom stereocenters. The molecule has 2 aliphatic heterocycles. The van der Waals surface area contributed by atoms with E-state index in [2.05, 4.69) is 10.6 Å². The fraction of sp³-hybridized carbons (Fsp3) is 0.556. The zero-order valence-electron chi connectivity index (χ0n) is 12.8. The molecule has 22 heavy (non-hydrogen) atoms. The van der Waals surface area contributed by atoms with Gasteiger partial charge < -0.3 is 9.47 Å². The first-order valence-electron chi connectivity index (χ1n) is 8.36. The molecule has 1 aromatic rings. The van der Waals surface area contributed by atoms with Crippen LogP contribution < -0.4 is 9.47 Å². The average molecular weight is 300 g/mol. The van der Waals surface area contributed by atoms with Crippen molar-refractivity contribution >= 4 is 11.6 Å². The maximum Gasteiger partial charge on any atom is 0.386 e. The summed E-state index contributed by atoms with van der Waals surface area (Å²) in [5.41, 5.74) is 2.61. The van der Waals surface area contributed by atoms with Gasteiger partial charge in [0.05, 0.1) is 6.42 Å². The van der Waals surface area contributed by atoms with Gasteiger partial charge in [-0.15, -0.1) is 0 Å². The van der Waals surface area contributed by atoms with Crippen molar-refractivity contribution in [2.75, 3.05) is 13.3 Å². The van der Waals surface area contributed by atoms with E-state index in [1.54, 1.807) is 0 Å². The van der Waals surface area contributed by atoms with Crippen LogP contribution in [0.3, 0.4) is 0 Å². The largest absolute Gasteiger partial charge is 0.454 e. The van der Waals surface area contributed by atoms with Gasteiger partial charge >= 0.3 is 5.91 Å². The van der Waals surface area contributed by atoms with Crippen LogP contribution in [0.1, 0.15) is 44.1 Å². The van der Waals surface area contributed by atoms with Crippen LogP contribution in [-0.4, -0.2) is 29.5 Å². The summed E-state index contributed by atoms with van der Waals surface area (Å²) in [6.07, 6.45) is 7.58. The lowest BCUT2D eigenvalue weighted by molar-refractivity contribution is -0.456. The number of amides is 1. The van der Waals surface area contributed by atoms with Crippen molar-refractivity contribution in [3.05, 3.63) is 23.8 Å². The third kappa shape index (κ3) is 2.51. The smallest absolute Gasteiger partial charge is 0.386 e. The zero-order valence-corrected chi connectivity index (χ0v) is 12.8. The van der Waals surface area contributed by atoms with E-state index in [9.17, 15) is 4.79 Å². The van der Waals surface area contributed by atoms with Crippen LogP contribution in [0.25, 0.3) is 0 Å². The Kier molecular flexibility index (Phi) is 3.60. The minimum Gasteiger partial charge on any atom is -0.454 e. The average Bonchev–Trinajstić information content (AvgIpc) is 3.01. The topological polar surface area (TPSA) is 38.5 Å². The molecule has 2 heterocycles. The Labute approximate surface area is 130 Å². The zero-order chi connectivity index (χ0) is 14.9. The van der Waals surface area contributed by atoms with Gasteiger partial charge in [-0.3, -0.25) is 0 Å². The van der Waals surface area contributed by atoms with Gasteiger partial charge in [-0.1, -0.05) is 12.5 Å². The summed E-state index contributed by atoms with van der Waals surface area (Å²) in [4.78, 5) is 12.3. The normalized spacial score (nSPS) is 23.6. The molecule has 3 aliphatic rings. The number of carbonyl (C=O) groups is 1. The van der Waals surface area contributed by atoms with Gasteiger partial charge in [0.2, 0.25) is 6.79 Å². The molecular formula is C18H22NO3+. The van der Waals surface area contributed by atoms with Crippen molar-refractivity contribution in [2.45, 2.75) is 44.9 Å². The van der Waals surface area contributed by atoms with Crippen molar-refractivity contribution in [2.24, 2.45) is 5.92 Å². The van der Waals surface area contributed by atoms with Gasteiger partial charge in [0, 0.05) is 18.8 Å². The van der Waals surface area contributed by atoms with E-state index in [0.717, 1.165) is 43.7 Å². The Hall–Kier alpha value is -1.84. The van der Waals surface area contributed by atoms with E-state index in [4.69, 9.17) is 9.47 Å². The SMILES string of the molecule is O=C1CCC2CCCCC2=[N+]1CCc1ccc2c(c1)OCO2. The van der Waals surface area contributed by atoms with Gasteiger partial charge in [0.1, 0.15) is 0 Å². The first-order valence-corrected chi connectivity index (χ1v) is 8.36. The molecule has 1 aromatic carbocycles. The minimum atomic E-state index is 0.309. The molecule has 0 N–H and O–H groups in total. The molecule has 4 nitrogen and oxygen atoms in total. The predicted molar refractivity (Wildman–Crippen MR) is 82.6 cm³/mol. The lowest BCUT2D eigenvalue weighted by Crippen LogP contribution is -2.40. The van der Waals surface area contributed by atoms with E-state index < -0.39 is 0 Å². The molecule has 4 heteroatoms. The summed E-state index contributed by atoms with van der Waals surface area (Å²) in [6.45, 7) is 1.10. The monoisotopic (exact) mass is 300 g/mol. The molecule has 0 aromatic heterocycles. The summed E-state index contributed by atoms with van der Waals surface area (Å²) in [6, 6.07) is 6.08. The maximum atomic E-state index is 12.3. The van der Waals surface area contributed by atoms with Gasteiger partial charge in [-0.05, 0) is 37.0 Å². The molecular weight excluding hydrogens is 278 g/mol. The quantitative estimate of drug-likeness (QED) is 0.806. The molecule has 0 saturated heterocycles. The molecule has 1 amide bonds. The highest BCUT2D eigenvalue weighted by Gasteiger charge is 2.36. The fourth-order valence-corrected chi connectivity index (χ4v) is 3.93. The van der Waals surface area contributed by atoms with E-state index >= 15 is 0 Å². The molecule has 0 radical (unpaired) electrons. The van der Waals surface area contributed by atoms with Crippen LogP contribution in [0, 0.1) is 5.92 Å². The summed E-state index contributed by atoms with van der Waals surface area (Å²) >= 11 is 0. The first-order chi connectivity index (χ1) is 10.8. The van der Waals surface area contributed by atoms with Crippen LogP contribution in [-0.2, 0) is 11.2 Å². The van der Waals surface area contributed by atoms with Crippen molar-refractivity contribution in [3.63, 3.8) is 0 Å². The van der Waals surface area contributed by atoms with Crippen LogP contribution in [0.4, 0.5) is 0 Å². The second kappa shape index (κ2) is 5.75. The molecule has 1 atom stereocenters. The Morgan fingerprint density at radius 2 is 2.00 bits per heavy atom. The van der Waals surface area contributed by atoms with Gasteiger partial charge in [0.15, 0.2) is 23.8 Å². The summed E-state index contributed by atoms with van der Waals surface area (Å²) in [5, 5.41) is 0. The third-order valence-electron chi connectivity index (χ3n) is 5.12. The molecule has 0 spiro atoms. The Bertz CT molecular complexity index is 635. The van der Waals surface area contributed by atoms with Crippen molar-refractivity contribution in [1.82, 2.24) is 0 Å². The van der Waals surface area contributed by atoms with E-state index in [-0.39, 0.29) is 0 Å². The number of nitrogens with zero attached hydrogens (tertiary/aromatic N) is 1. The van der Waals surface area contributed by atoms with Crippen LogP contribution in [0.2, 0.25) is 0 Å². The second-order valence-electron chi connectivity index (χ2n) is 6.46. The predicted octanol–water partition coefficient (Wildman–Crippen LogP) is 2.92. The summed E-state index contributed by atoms with van der Waals surface area (Å²) < 4.78 is 12.9. The van der Waals surface area contributed by atoms with Gasteiger partial charge in [0.25, 0.3) is 0 Å². The number of fused-ring (bicyclic) bond motifs is 2. The lowest BCUT2D eigenvalue weighted by Gasteiger charge is -2.25. The molecule has 116 valence electrons. The molecule has 4 rings (SSSR count). The van der Waals surface area contributed by atoms with Gasteiger partial charge in [-0.2, -0.15) is 4.58 Å². The van der Waals surface area contributed by atoms with Crippen LogP contribution >= 0.6 is 0 Å². The maximum absolute atomic E-state index is 12.3. The highest BCUT2D eigenvalue weighted by molar-refractivity contribution is 5.90. The summed E-state index contributed by atoms with van der Waals surface area (Å²) in [5.74, 6) is 2.61. The third-order valence-corrected chi connectivity index (χ3v) is 5.12. The second-order valence-corrected chi connectivity index (χ2v) is 6.46. The Morgan fingerprint density at radius 1 is 1.09 bits per heavy atom. The molecule has 0 bridgehead atoms. The molecule has 1 fully saturated rings. The van der Waals surface area contributed by atoms with Crippen molar-refractivity contribution < 1.29 is 18.8 Å². The molecule has 1 aliphatic carbocycles. The standard InChI is InChI=1S/C18H22NO3/c20-18-8-6-14-3-1-2-4-15(14)19(18)10-9-13-5-7-16-17(11-13)22-12-21-16/h5,7,11,14H,1-4,6,8-10,12H2/q+1.